The summed E-state index contributed by atoms with van der Waals surface area (Å²) < 4.78 is 21.1. The first-order valence-corrected chi connectivity index (χ1v) is 13.0. The van der Waals surface area contributed by atoms with Crippen molar-refractivity contribution in [2.24, 2.45) is 11.8 Å². The molecule has 188 valence electrons. The molecule has 0 aliphatic heterocycles. The maximum absolute atomic E-state index is 11.9. The summed E-state index contributed by atoms with van der Waals surface area (Å²) in [7, 11) is 0. The van der Waals surface area contributed by atoms with E-state index in [1.54, 1.807) is 0 Å². The molecule has 0 saturated heterocycles. The second-order valence-corrected chi connectivity index (χ2v) is 10.0. The average Bonchev–Trinajstić information content (AvgIpc) is 2.73. The summed E-state index contributed by atoms with van der Waals surface area (Å²) in [6.07, 6.45) is 12.9. The van der Waals surface area contributed by atoms with Gasteiger partial charge in [-0.2, -0.15) is 0 Å². The van der Waals surface area contributed by atoms with Crippen LogP contribution in [0.3, 0.4) is 0 Å². The van der Waals surface area contributed by atoms with E-state index in [2.05, 4.69) is 27.7 Å². The van der Waals surface area contributed by atoms with Crippen molar-refractivity contribution in [3.8, 4) is 0 Å². The monoisotopic (exact) mass is 456 g/mol. The average molecular weight is 457 g/mol. The molecule has 0 N–H and O–H groups in total. The highest BCUT2D eigenvalue weighted by molar-refractivity contribution is 5.60. The van der Waals surface area contributed by atoms with Crippen LogP contribution in [0.2, 0.25) is 0 Å². The standard InChI is InChI=1S/C26H48O6/c1-21(2)13-10-8-6-5-7-9-11-19-29-25(27)31-23-15-17-24(18-16-23)32-26(28)30-20-12-14-22(3)4/h21-24H,5-20H2,1-4H3. The third kappa shape index (κ3) is 16.2. The highest BCUT2D eigenvalue weighted by atomic mass is 16.7. The molecule has 1 rings (SSSR count). The highest BCUT2D eigenvalue weighted by Gasteiger charge is 2.27. The summed E-state index contributed by atoms with van der Waals surface area (Å²) in [6, 6.07) is 0. The van der Waals surface area contributed by atoms with Crippen molar-refractivity contribution < 1.29 is 28.5 Å². The summed E-state index contributed by atoms with van der Waals surface area (Å²) in [5.74, 6) is 1.41. The van der Waals surface area contributed by atoms with Crippen LogP contribution < -0.4 is 0 Å². The summed E-state index contributed by atoms with van der Waals surface area (Å²) in [4.78, 5) is 23.6. The van der Waals surface area contributed by atoms with Crippen LogP contribution in [0.4, 0.5) is 9.59 Å². The molecule has 0 aromatic carbocycles. The van der Waals surface area contributed by atoms with Crippen molar-refractivity contribution in [1.29, 1.82) is 0 Å². The topological polar surface area (TPSA) is 71.1 Å². The SMILES string of the molecule is CC(C)CCCCCCCCCOC(=O)OC1CCC(OC(=O)OCCCC(C)C)CC1. The Bertz CT molecular complexity index is 483. The molecule has 0 spiro atoms. The van der Waals surface area contributed by atoms with Crippen molar-refractivity contribution in [2.75, 3.05) is 13.2 Å². The molecule has 6 heteroatoms. The lowest BCUT2D eigenvalue weighted by Gasteiger charge is -2.27. The number of rotatable bonds is 16. The number of hydrogen-bond donors (Lipinski definition) is 0. The fraction of sp³-hybridized carbons (Fsp3) is 0.923. The molecule has 0 heterocycles. The van der Waals surface area contributed by atoms with Crippen LogP contribution in [0.15, 0.2) is 0 Å². The largest absolute Gasteiger partial charge is 0.508 e. The van der Waals surface area contributed by atoms with E-state index in [1.807, 2.05) is 0 Å². The van der Waals surface area contributed by atoms with Crippen LogP contribution in [-0.4, -0.2) is 37.7 Å². The zero-order valence-corrected chi connectivity index (χ0v) is 21.1. The van der Waals surface area contributed by atoms with Gasteiger partial charge in [0.25, 0.3) is 0 Å². The minimum atomic E-state index is -0.590. The summed E-state index contributed by atoms with van der Waals surface area (Å²) in [5.41, 5.74) is 0. The van der Waals surface area contributed by atoms with Gasteiger partial charge in [0.1, 0.15) is 12.2 Å². The molecule has 0 unspecified atom stereocenters. The van der Waals surface area contributed by atoms with Crippen LogP contribution in [-0.2, 0) is 18.9 Å². The Morgan fingerprint density at radius 2 is 0.969 bits per heavy atom. The van der Waals surface area contributed by atoms with Gasteiger partial charge in [-0.05, 0) is 56.8 Å². The Hall–Kier alpha value is -1.46. The van der Waals surface area contributed by atoms with Crippen molar-refractivity contribution in [1.82, 2.24) is 0 Å². The van der Waals surface area contributed by atoms with E-state index in [0.29, 0.717) is 44.8 Å². The fourth-order valence-corrected chi connectivity index (χ4v) is 3.95. The van der Waals surface area contributed by atoms with Crippen LogP contribution in [0, 0.1) is 11.8 Å². The molecule has 0 amide bonds. The van der Waals surface area contributed by atoms with Crippen molar-refractivity contribution in [3.05, 3.63) is 0 Å². The van der Waals surface area contributed by atoms with Crippen LogP contribution in [0.1, 0.15) is 118 Å². The maximum atomic E-state index is 11.9. The summed E-state index contributed by atoms with van der Waals surface area (Å²) in [5, 5.41) is 0. The van der Waals surface area contributed by atoms with E-state index in [-0.39, 0.29) is 12.2 Å². The first-order chi connectivity index (χ1) is 15.4. The number of ether oxygens (including phenoxy) is 4. The predicted molar refractivity (Wildman–Crippen MR) is 127 cm³/mol. The Kier molecular flexibility index (Phi) is 16.1. The Morgan fingerprint density at radius 3 is 1.44 bits per heavy atom. The van der Waals surface area contributed by atoms with Gasteiger partial charge in [-0.3, -0.25) is 0 Å². The lowest BCUT2D eigenvalue weighted by Crippen LogP contribution is -2.30. The molecule has 0 aromatic heterocycles. The second kappa shape index (κ2) is 18.0. The maximum Gasteiger partial charge on any atom is 0.508 e. The van der Waals surface area contributed by atoms with Gasteiger partial charge in [-0.1, -0.05) is 72.6 Å². The normalized spacial score (nSPS) is 18.6. The lowest BCUT2D eigenvalue weighted by molar-refractivity contribution is -0.0271. The molecule has 0 atom stereocenters. The van der Waals surface area contributed by atoms with Gasteiger partial charge >= 0.3 is 12.3 Å². The van der Waals surface area contributed by atoms with Crippen LogP contribution in [0.25, 0.3) is 0 Å². The molecule has 1 fully saturated rings. The Labute approximate surface area is 196 Å². The fourth-order valence-electron chi connectivity index (χ4n) is 3.95. The molecule has 1 aliphatic rings. The second-order valence-electron chi connectivity index (χ2n) is 10.0. The Balaban J connectivity index is 1.96. The quantitative estimate of drug-likeness (QED) is 0.174. The molecule has 0 aromatic rings. The third-order valence-electron chi connectivity index (χ3n) is 5.94. The van der Waals surface area contributed by atoms with E-state index in [4.69, 9.17) is 18.9 Å². The van der Waals surface area contributed by atoms with Gasteiger partial charge in [0.05, 0.1) is 13.2 Å². The molecule has 1 aliphatic carbocycles. The van der Waals surface area contributed by atoms with Gasteiger partial charge in [0.2, 0.25) is 0 Å². The smallest absolute Gasteiger partial charge is 0.434 e. The highest BCUT2D eigenvalue weighted by Crippen LogP contribution is 2.24. The van der Waals surface area contributed by atoms with Gasteiger partial charge < -0.3 is 18.9 Å². The molecule has 0 bridgehead atoms. The summed E-state index contributed by atoms with van der Waals surface area (Å²) >= 11 is 0. The minimum Gasteiger partial charge on any atom is -0.434 e. The van der Waals surface area contributed by atoms with Crippen LogP contribution in [0.5, 0.6) is 0 Å². The molecule has 1 saturated carbocycles. The number of carbonyl (C=O) groups is 2. The van der Waals surface area contributed by atoms with E-state index in [0.717, 1.165) is 31.6 Å². The zero-order valence-electron chi connectivity index (χ0n) is 21.1. The number of carbonyl (C=O) groups excluding carboxylic acids is 2. The molecular formula is C26H48O6. The molecule has 6 nitrogen and oxygen atoms in total. The molecule has 0 radical (unpaired) electrons. The zero-order chi connectivity index (χ0) is 23.6. The third-order valence-corrected chi connectivity index (χ3v) is 5.94. The molecule has 32 heavy (non-hydrogen) atoms. The van der Waals surface area contributed by atoms with Gasteiger partial charge in [0.15, 0.2) is 0 Å². The van der Waals surface area contributed by atoms with Gasteiger partial charge in [-0.25, -0.2) is 9.59 Å². The lowest BCUT2D eigenvalue weighted by atomic mass is 9.95. The van der Waals surface area contributed by atoms with Crippen molar-refractivity contribution in [3.63, 3.8) is 0 Å². The first-order valence-electron chi connectivity index (χ1n) is 13.0. The van der Waals surface area contributed by atoms with Gasteiger partial charge in [0, 0.05) is 0 Å². The predicted octanol–water partition coefficient (Wildman–Crippen LogP) is 7.82. The Morgan fingerprint density at radius 1 is 0.594 bits per heavy atom. The van der Waals surface area contributed by atoms with E-state index < -0.39 is 12.3 Å². The van der Waals surface area contributed by atoms with E-state index >= 15 is 0 Å². The van der Waals surface area contributed by atoms with Gasteiger partial charge in [-0.15, -0.1) is 0 Å². The molecular weight excluding hydrogens is 408 g/mol. The van der Waals surface area contributed by atoms with E-state index in [1.165, 1.54) is 38.5 Å². The number of unbranched alkanes of at least 4 members (excludes halogenated alkanes) is 6. The van der Waals surface area contributed by atoms with E-state index in [9.17, 15) is 9.59 Å². The first kappa shape index (κ1) is 28.6. The van der Waals surface area contributed by atoms with Crippen molar-refractivity contribution >= 4 is 12.3 Å². The van der Waals surface area contributed by atoms with Crippen molar-refractivity contribution in [2.45, 2.75) is 130 Å². The van der Waals surface area contributed by atoms with Crippen LogP contribution >= 0.6 is 0 Å². The number of hydrogen-bond acceptors (Lipinski definition) is 6. The minimum absolute atomic E-state index is 0.157. The summed E-state index contributed by atoms with van der Waals surface area (Å²) in [6.45, 7) is 9.67.